The molecule has 5 rings (SSSR count). The Morgan fingerprint density at radius 1 is 0.827 bits per heavy atom. The Balaban J connectivity index is 1.71. The van der Waals surface area contributed by atoms with Gasteiger partial charge in [0.25, 0.3) is 0 Å². The first-order chi connectivity index (χ1) is 24.5. The van der Waals surface area contributed by atoms with Crippen molar-refractivity contribution in [1.82, 2.24) is 0 Å². The van der Waals surface area contributed by atoms with E-state index in [1.165, 1.54) is 74.4 Å². The monoisotopic (exact) mass is 1120 g/mol. The van der Waals surface area contributed by atoms with Gasteiger partial charge in [0.2, 0.25) is 0 Å². The first-order valence-electron chi connectivity index (χ1n) is 18.3. The second kappa shape index (κ2) is 17.4. The van der Waals surface area contributed by atoms with Crippen molar-refractivity contribution in [3.63, 3.8) is 0 Å². The van der Waals surface area contributed by atoms with Crippen molar-refractivity contribution in [2.75, 3.05) is 38.0 Å². The molecule has 1 aliphatic carbocycles. The third-order valence-corrected chi connectivity index (χ3v) is 13.7. The summed E-state index contributed by atoms with van der Waals surface area (Å²) in [6.45, 7) is 14.1. The van der Waals surface area contributed by atoms with Crippen LogP contribution in [0.3, 0.4) is 0 Å². The van der Waals surface area contributed by atoms with Crippen LogP contribution in [-0.2, 0) is 23.5 Å². The van der Waals surface area contributed by atoms with Gasteiger partial charge >= 0.3 is 360 Å². The van der Waals surface area contributed by atoms with E-state index in [2.05, 4.69) is 183 Å². The normalized spacial score (nSPS) is 17.2. The molecule has 1 aliphatic heterocycles. The van der Waals surface area contributed by atoms with E-state index in [0.29, 0.717) is 0 Å². The van der Waals surface area contributed by atoms with E-state index in [1.807, 2.05) is 11.8 Å². The van der Waals surface area contributed by atoms with Gasteiger partial charge in [-0.1, -0.05) is 0 Å². The SMILES string of the molecule is CN(C)c1ccc(C(=C\[CH2][Pb])/C=C/C2=C(c3cc(C(C)(C)C)cc(C(C)(C)C)c3)C(=C/C=C3\C=[C]([Pb])Sc4cc(N(C)C)ccc43)/CCC2)c([SH2+])c1. The van der Waals surface area contributed by atoms with Gasteiger partial charge in [-0.2, -0.15) is 0 Å². The third kappa shape index (κ3) is 10.1. The maximum atomic E-state index is 3.99. The van der Waals surface area contributed by atoms with Crippen molar-refractivity contribution in [3.8, 4) is 0 Å². The Morgan fingerprint density at radius 2 is 1.46 bits per heavy atom. The van der Waals surface area contributed by atoms with E-state index in [0.717, 1.165) is 79.7 Å². The van der Waals surface area contributed by atoms with E-state index in [1.54, 1.807) is 0 Å². The van der Waals surface area contributed by atoms with Crippen LogP contribution in [0.25, 0.3) is 16.7 Å². The summed E-state index contributed by atoms with van der Waals surface area (Å²) in [5, 5.41) is 0. The molecule has 6 radical (unpaired) electrons. The predicted octanol–water partition coefficient (Wildman–Crippen LogP) is 11.1. The van der Waals surface area contributed by atoms with Crippen LogP contribution < -0.4 is 9.80 Å². The Hall–Kier alpha value is -1.76. The minimum absolute atomic E-state index is 0.0416. The number of hydrogen-bond donors (Lipinski definition) is 0. The quantitative estimate of drug-likeness (QED) is 0.126. The van der Waals surface area contributed by atoms with Gasteiger partial charge in [0.05, 0.1) is 0 Å². The van der Waals surface area contributed by atoms with Crippen molar-refractivity contribution >= 4 is 104 Å². The fraction of sp³-hybridized carbons (Fsp3) is 0.348. The second-order valence-corrected chi connectivity index (χ2v) is 23.1. The van der Waals surface area contributed by atoms with Crippen LogP contribution in [0.15, 0.2) is 114 Å². The number of allylic oxidation sites excluding steroid dienone is 11. The van der Waals surface area contributed by atoms with Crippen LogP contribution in [0.2, 0.25) is 3.98 Å². The molecule has 0 spiro atoms. The summed E-state index contributed by atoms with van der Waals surface area (Å²) in [7, 11) is 8.44. The zero-order valence-corrected chi connectivity index (χ0v) is 42.4. The first-order valence-corrected chi connectivity index (χ1v) is 24.3. The molecule has 52 heavy (non-hydrogen) atoms. The second-order valence-electron chi connectivity index (χ2n) is 16.4. The van der Waals surface area contributed by atoms with E-state index in [4.69, 9.17) is 0 Å². The summed E-state index contributed by atoms with van der Waals surface area (Å²) in [6, 6.07) is 21.1. The van der Waals surface area contributed by atoms with Gasteiger partial charge in [-0.25, -0.2) is 0 Å². The molecule has 3 aromatic carbocycles. The molecule has 268 valence electrons. The van der Waals surface area contributed by atoms with Crippen LogP contribution in [0.5, 0.6) is 0 Å². The summed E-state index contributed by atoms with van der Waals surface area (Å²) in [5.41, 5.74) is 16.1. The van der Waals surface area contributed by atoms with Gasteiger partial charge in [0.15, 0.2) is 0 Å². The number of anilines is 2. The number of rotatable bonds is 8. The maximum absolute atomic E-state index is 3.99. The zero-order valence-electron chi connectivity index (χ0n) is 32.8. The minimum atomic E-state index is 0.0416. The fourth-order valence-corrected chi connectivity index (χ4v) is 10.7. The molecule has 2 nitrogen and oxygen atoms in total. The zero-order chi connectivity index (χ0) is 38.0. The van der Waals surface area contributed by atoms with E-state index < -0.39 is 0 Å². The summed E-state index contributed by atoms with van der Waals surface area (Å²) in [5.74, 6) is 0. The number of hydrogen-bond acceptors (Lipinski definition) is 3. The predicted molar refractivity (Wildman–Crippen MR) is 238 cm³/mol. The van der Waals surface area contributed by atoms with Crippen molar-refractivity contribution in [2.24, 2.45) is 0 Å². The summed E-state index contributed by atoms with van der Waals surface area (Å²) in [6.07, 6.45) is 17.8. The Labute approximate surface area is 356 Å². The number of benzene rings is 3. The standard InChI is InChI=1S/C46H54N2S2.2Pb/c1-12-31(40-22-20-38(47(8)9)29-42(40)49)16-18-33-14-13-15-34(19-17-32-24-25-50-43-30-39(48(10)11)21-23-41(32)43)44(33)35-26-36(45(2,3)4)28-37(27-35)46(5,6)7;;/h12,16-24,26-30,49H,1,13-15H2,2-11H3;;/p+1/b18-16+,31-12-,32-17+,34-19+;;. The molecule has 0 atom stereocenters. The van der Waals surface area contributed by atoms with Crippen LogP contribution in [0, 0.1) is 0 Å². The molecular formula is C46H55N2Pb2S2+. The third-order valence-electron chi connectivity index (χ3n) is 9.87. The van der Waals surface area contributed by atoms with E-state index in [9.17, 15) is 0 Å². The van der Waals surface area contributed by atoms with Gasteiger partial charge < -0.3 is 0 Å². The van der Waals surface area contributed by atoms with E-state index >= 15 is 0 Å². The molecule has 1 heterocycles. The molecule has 0 saturated carbocycles. The summed E-state index contributed by atoms with van der Waals surface area (Å²) >= 11 is 8.09. The average molecular weight is 1110 g/mol. The Bertz CT molecular complexity index is 1980. The molecule has 0 bridgehead atoms. The first kappa shape index (κ1) is 41.4. The van der Waals surface area contributed by atoms with Gasteiger partial charge in [-0.3, -0.25) is 0 Å². The molecule has 0 aromatic heterocycles. The molecule has 0 fully saturated rings. The van der Waals surface area contributed by atoms with Gasteiger partial charge in [-0.05, 0) is 0 Å². The summed E-state index contributed by atoms with van der Waals surface area (Å²) < 4.78 is 2.58. The molecule has 0 amide bonds. The molecule has 0 N–H and O–H groups in total. The Morgan fingerprint density at radius 3 is 2.06 bits per heavy atom. The molecular weight excluding hydrogens is 1060 g/mol. The van der Waals surface area contributed by atoms with Crippen LogP contribution in [0.4, 0.5) is 11.4 Å². The molecule has 3 aromatic rings. The fourth-order valence-electron chi connectivity index (χ4n) is 6.71. The van der Waals surface area contributed by atoms with Gasteiger partial charge in [0, 0.05) is 0 Å². The van der Waals surface area contributed by atoms with Crippen LogP contribution in [0.1, 0.15) is 88.6 Å². The molecule has 6 heteroatoms. The van der Waals surface area contributed by atoms with Crippen molar-refractivity contribution < 1.29 is 0 Å². The van der Waals surface area contributed by atoms with Crippen LogP contribution >= 0.6 is 11.8 Å². The van der Waals surface area contributed by atoms with Crippen molar-refractivity contribution in [1.29, 1.82) is 0 Å². The molecule has 0 unspecified atom stereocenters. The molecule has 2 aliphatic rings. The number of fused-ring (bicyclic) bond motifs is 1. The summed E-state index contributed by atoms with van der Waals surface area (Å²) in [4.78, 5) is 6.85. The van der Waals surface area contributed by atoms with E-state index in [-0.39, 0.29) is 10.8 Å². The number of thioether (sulfide) groups is 1. The topological polar surface area (TPSA) is 6.48 Å². The van der Waals surface area contributed by atoms with Crippen molar-refractivity contribution in [3.05, 3.63) is 132 Å². The van der Waals surface area contributed by atoms with Crippen LogP contribution in [-0.4, -0.2) is 79.7 Å². The average Bonchev–Trinajstić information content (AvgIpc) is 3.07. The van der Waals surface area contributed by atoms with Crippen molar-refractivity contribution in [2.45, 2.75) is 85.4 Å². The molecule has 0 saturated heterocycles. The van der Waals surface area contributed by atoms with Gasteiger partial charge in [-0.15, -0.1) is 0 Å². The number of nitrogens with zero attached hydrogens (tertiary/aromatic N) is 2. The van der Waals surface area contributed by atoms with Gasteiger partial charge in [0.1, 0.15) is 0 Å². The Kier molecular flexibility index (Phi) is 13.8.